The van der Waals surface area contributed by atoms with Gasteiger partial charge >= 0.3 is 0 Å². The Balaban J connectivity index is 2.40. The van der Waals surface area contributed by atoms with Gasteiger partial charge in [0.25, 0.3) is 0 Å². The molecule has 1 N–H and O–H groups in total. The molecule has 4 nitrogen and oxygen atoms in total. The van der Waals surface area contributed by atoms with Gasteiger partial charge in [0.2, 0.25) is 0 Å². The molecule has 17 heavy (non-hydrogen) atoms. The number of methoxy groups -OCH3 is 1. The lowest BCUT2D eigenvalue weighted by Gasteiger charge is -2.05. The summed E-state index contributed by atoms with van der Waals surface area (Å²) in [6, 6.07) is 7.90. The summed E-state index contributed by atoms with van der Waals surface area (Å²) in [7, 11) is 3.53. The number of nitrogens with zero attached hydrogens (tertiary/aromatic N) is 1. The van der Waals surface area contributed by atoms with Crippen molar-refractivity contribution in [1.29, 1.82) is 0 Å². The Bertz CT molecular complexity index is 506. The molecule has 0 spiro atoms. The summed E-state index contributed by atoms with van der Waals surface area (Å²) in [4.78, 5) is 0. The van der Waals surface area contributed by atoms with Gasteiger partial charge in [0.1, 0.15) is 5.75 Å². The predicted molar refractivity (Wildman–Crippen MR) is 66.0 cm³/mol. The number of aryl methyl sites for hydroxylation is 1. The van der Waals surface area contributed by atoms with Crippen molar-refractivity contribution >= 4 is 0 Å². The smallest absolute Gasteiger partial charge is 0.170 e. The average Bonchev–Trinajstić information content (AvgIpc) is 2.78. The molecule has 0 radical (unpaired) electrons. The van der Waals surface area contributed by atoms with Gasteiger partial charge in [-0.05, 0) is 26.1 Å². The van der Waals surface area contributed by atoms with Crippen LogP contribution in [0.4, 0.5) is 0 Å². The molecule has 0 saturated carbocycles. The van der Waals surface area contributed by atoms with Crippen molar-refractivity contribution in [3.63, 3.8) is 0 Å². The lowest BCUT2D eigenvalue weighted by Crippen LogP contribution is -2.04. The molecule has 90 valence electrons. The topological polar surface area (TPSA) is 47.3 Å². The zero-order chi connectivity index (χ0) is 12.3. The van der Waals surface area contributed by atoms with E-state index in [1.54, 1.807) is 7.11 Å². The van der Waals surface area contributed by atoms with Gasteiger partial charge in [-0.15, -0.1) is 0 Å². The number of benzene rings is 1. The van der Waals surface area contributed by atoms with Crippen LogP contribution in [0.2, 0.25) is 0 Å². The molecule has 2 rings (SSSR count). The third-order valence-corrected chi connectivity index (χ3v) is 2.54. The van der Waals surface area contributed by atoms with E-state index in [2.05, 4.69) is 10.5 Å². The molecular formula is C13H16N2O2. The van der Waals surface area contributed by atoms with Gasteiger partial charge in [0, 0.05) is 12.6 Å². The maximum absolute atomic E-state index is 5.33. The zero-order valence-electron chi connectivity index (χ0n) is 10.3. The van der Waals surface area contributed by atoms with Gasteiger partial charge in [-0.2, -0.15) is 0 Å². The molecule has 0 atom stereocenters. The summed E-state index contributed by atoms with van der Waals surface area (Å²) < 4.78 is 10.7. The van der Waals surface area contributed by atoms with Crippen LogP contribution in [0.25, 0.3) is 11.3 Å². The van der Waals surface area contributed by atoms with Crippen LogP contribution in [0.15, 0.2) is 28.8 Å². The predicted octanol–water partition coefficient (Wildman–Crippen LogP) is 2.38. The summed E-state index contributed by atoms with van der Waals surface area (Å²) in [5.74, 6) is 1.53. The fourth-order valence-corrected chi connectivity index (χ4v) is 1.72. The first kappa shape index (κ1) is 11.7. The summed E-state index contributed by atoms with van der Waals surface area (Å²) >= 11 is 0. The number of hydrogen-bond donors (Lipinski definition) is 1. The van der Waals surface area contributed by atoms with Crippen LogP contribution in [0.5, 0.6) is 5.75 Å². The van der Waals surface area contributed by atoms with Gasteiger partial charge in [-0.1, -0.05) is 16.8 Å². The van der Waals surface area contributed by atoms with Crippen molar-refractivity contribution in [2.24, 2.45) is 0 Å². The Hall–Kier alpha value is -1.81. The van der Waals surface area contributed by atoms with Crippen molar-refractivity contribution < 1.29 is 9.26 Å². The fraction of sp³-hybridized carbons (Fsp3) is 0.308. The normalized spacial score (nSPS) is 10.5. The van der Waals surface area contributed by atoms with Crippen LogP contribution in [-0.2, 0) is 6.54 Å². The Morgan fingerprint density at radius 2 is 2.18 bits per heavy atom. The molecule has 4 heteroatoms. The zero-order valence-corrected chi connectivity index (χ0v) is 10.3. The van der Waals surface area contributed by atoms with E-state index in [1.807, 2.05) is 38.2 Å². The van der Waals surface area contributed by atoms with E-state index in [9.17, 15) is 0 Å². The number of ether oxygens (including phenoxy) is 1. The number of rotatable bonds is 4. The molecule has 0 saturated heterocycles. The molecule has 2 aromatic rings. The fourth-order valence-electron chi connectivity index (χ4n) is 1.72. The minimum atomic E-state index is 0.692. The highest BCUT2D eigenvalue weighted by molar-refractivity contribution is 5.66. The van der Waals surface area contributed by atoms with Gasteiger partial charge in [-0.3, -0.25) is 0 Å². The maximum Gasteiger partial charge on any atom is 0.170 e. The molecule has 0 unspecified atom stereocenters. The van der Waals surface area contributed by atoms with Crippen LogP contribution in [0, 0.1) is 6.92 Å². The SMILES string of the molecule is CNCc1cc(-c2cc(C)ccc2OC)on1. The standard InChI is InChI=1S/C13H16N2O2/c1-9-4-5-12(16-3)11(6-9)13-7-10(8-14-2)15-17-13/h4-7,14H,8H2,1-3H3. The first-order valence-corrected chi connectivity index (χ1v) is 5.50. The third-order valence-electron chi connectivity index (χ3n) is 2.54. The lowest BCUT2D eigenvalue weighted by molar-refractivity contribution is 0.403. The van der Waals surface area contributed by atoms with E-state index in [0.29, 0.717) is 6.54 Å². The van der Waals surface area contributed by atoms with Crippen molar-refractivity contribution in [1.82, 2.24) is 10.5 Å². The minimum absolute atomic E-state index is 0.692. The number of nitrogens with one attached hydrogen (secondary N) is 1. The van der Waals surface area contributed by atoms with Crippen molar-refractivity contribution in [3.05, 3.63) is 35.5 Å². The Labute approximate surface area is 101 Å². The number of hydrogen-bond acceptors (Lipinski definition) is 4. The maximum atomic E-state index is 5.33. The van der Waals surface area contributed by atoms with Crippen molar-refractivity contribution in [2.75, 3.05) is 14.2 Å². The molecule has 0 aliphatic heterocycles. The largest absolute Gasteiger partial charge is 0.496 e. The monoisotopic (exact) mass is 232 g/mol. The molecule has 1 aromatic heterocycles. The third kappa shape index (κ3) is 2.47. The summed E-state index contributed by atoms with van der Waals surface area (Å²) in [6.07, 6.45) is 0. The Morgan fingerprint density at radius 3 is 2.88 bits per heavy atom. The second-order valence-corrected chi connectivity index (χ2v) is 3.92. The van der Waals surface area contributed by atoms with E-state index in [4.69, 9.17) is 9.26 Å². The molecular weight excluding hydrogens is 216 g/mol. The molecule has 0 fully saturated rings. The van der Waals surface area contributed by atoms with E-state index in [0.717, 1.165) is 28.3 Å². The summed E-state index contributed by atoms with van der Waals surface area (Å²) in [5, 5.41) is 7.03. The highest BCUT2D eigenvalue weighted by atomic mass is 16.5. The molecule has 0 bridgehead atoms. The quantitative estimate of drug-likeness (QED) is 0.879. The van der Waals surface area contributed by atoms with Crippen LogP contribution in [0.3, 0.4) is 0 Å². The first-order valence-electron chi connectivity index (χ1n) is 5.50. The second-order valence-electron chi connectivity index (χ2n) is 3.92. The Morgan fingerprint density at radius 1 is 1.35 bits per heavy atom. The average molecular weight is 232 g/mol. The van der Waals surface area contributed by atoms with E-state index >= 15 is 0 Å². The highest BCUT2D eigenvalue weighted by Crippen LogP contribution is 2.31. The molecule has 1 aromatic carbocycles. The molecule has 0 aliphatic rings. The lowest BCUT2D eigenvalue weighted by atomic mass is 10.1. The first-order chi connectivity index (χ1) is 8.24. The number of aromatic nitrogens is 1. The van der Waals surface area contributed by atoms with E-state index in [-0.39, 0.29) is 0 Å². The Kier molecular flexibility index (Phi) is 3.44. The summed E-state index contributed by atoms with van der Waals surface area (Å²) in [5.41, 5.74) is 2.97. The van der Waals surface area contributed by atoms with Crippen LogP contribution >= 0.6 is 0 Å². The second kappa shape index (κ2) is 5.01. The van der Waals surface area contributed by atoms with Gasteiger partial charge < -0.3 is 14.6 Å². The van der Waals surface area contributed by atoms with Crippen LogP contribution in [-0.4, -0.2) is 19.3 Å². The van der Waals surface area contributed by atoms with Crippen LogP contribution in [0.1, 0.15) is 11.3 Å². The van der Waals surface area contributed by atoms with Gasteiger partial charge in [0.05, 0.1) is 18.4 Å². The van der Waals surface area contributed by atoms with E-state index in [1.165, 1.54) is 0 Å². The summed E-state index contributed by atoms with van der Waals surface area (Å²) in [6.45, 7) is 2.73. The van der Waals surface area contributed by atoms with E-state index < -0.39 is 0 Å². The van der Waals surface area contributed by atoms with Crippen molar-refractivity contribution in [3.8, 4) is 17.1 Å². The van der Waals surface area contributed by atoms with Gasteiger partial charge in [0.15, 0.2) is 5.76 Å². The molecule has 1 heterocycles. The molecule has 0 amide bonds. The van der Waals surface area contributed by atoms with Crippen molar-refractivity contribution in [2.45, 2.75) is 13.5 Å². The van der Waals surface area contributed by atoms with Crippen LogP contribution < -0.4 is 10.1 Å². The minimum Gasteiger partial charge on any atom is -0.496 e. The highest BCUT2D eigenvalue weighted by Gasteiger charge is 2.11. The van der Waals surface area contributed by atoms with Gasteiger partial charge in [-0.25, -0.2) is 0 Å². The molecule has 0 aliphatic carbocycles.